The lowest BCUT2D eigenvalue weighted by Crippen LogP contribution is -2.39. The second-order valence-corrected chi connectivity index (χ2v) is 7.56. The Kier molecular flexibility index (Phi) is 4.02. The molecule has 0 spiro atoms. The summed E-state index contributed by atoms with van der Waals surface area (Å²) in [6.07, 6.45) is 2.18. The number of nitrogens with zero attached hydrogens (tertiary/aromatic N) is 3. The van der Waals surface area contributed by atoms with E-state index in [4.69, 9.17) is 4.42 Å². The molecule has 1 fully saturated rings. The predicted molar refractivity (Wildman–Crippen MR) is 103 cm³/mol. The van der Waals surface area contributed by atoms with Crippen LogP contribution in [0.1, 0.15) is 34.7 Å². The first-order valence-corrected chi connectivity index (χ1v) is 9.60. The van der Waals surface area contributed by atoms with Gasteiger partial charge in [-0.25, -0.2) is 0 Å². The second kappa shape index (κ2) is 6.56. The number of hydrogen-bond acceptors (Lipinski definition) is 5. The van der Waals surface area contributed by atoms with Gasteiger partial charge in [-0.05, 0) is 47.6 Å². The molecular formula is C22H21N3O3. The van der Waals surface area contributed by atoms with Crippen molar-refractivity contribution in [3.05, 3.63) is 59.5 Å². The maximum atomic E-state index is 13.2. The van der Waals surface area contributed by atoms with E-state index in [1.165, 1.54) is 0 Å². The first-order chi connectivity index (χ1) is 13.7. The molecule has 0 bridgehead atoms. The molecular weight excluding hydrogens is 354 g/mol. The predicted octanol–water partition coefficient (Wildman–Crippen LogP) is 3.44. The van der Waals surface area contributed by atoms with Crippen LogP contribution in [0.15, 0.2) is 46.9 Å². The topological polar surface area (TPSA) is 79.5 Å². The highest BCUT2D eigenvalue weighted by Crippen LogP contribution is 2.40. The molecule has 2 heterocycles. The molecule has 1 amide bonds. The second-order valence-electron chi connectivity index (χ2n) is 7.56. The van der Waals surface area contributed by atoms with E-state index in [0.29, 0.717) is 24.2 Å². The van der Waals surface area contributed by atoms with E-state index in [9.17, 15) is 9.90 Å². The number of aliphatic hydroxyl groups is 1. The summed E-state index contributed by atoms with van der Waals surface area (Å²) in [6, 6.07) is 13.7. The summed E-state index contributed by atoms with van der Waals surface area (Å²) in [5, 5.41) is 17.7. The van der Waals surface area contributed by atoms with Gasteiger partial charge in [0.05, 0.1) is 18.2 Å². The zero-order chi connectivity index (χ0) is 19.3. The molecule has 0 saturated heterocycles. The Hall–Kier alpha value is -2.99. The Labute approximate surface area is 162 Å². The van der Waals surface area contributed by atoms with Crippen molar-refractivity contribution in [3.8, 4) is 22.6 Å². The van der Waals surface area contributed by atoms with Gasteiger partial charge in [-0.2, -0.15) is 0 Å². The van der Waals surface area contributed by atoms with Gasteiger partial charge >= 0.3 is 0 Å². The van der Waals surface area contributed by atoms with Crippen LogP contribution < -0.4 is 0 Å². The monoisotopic (exact) mass is 375 g/mol. The number of fused-ring (bicyclic) bond motifs is 1. The molecule has 6 nitrogen and oxygen atoms in total. The van der Waals surface area contributed by atoms with Crippen LogP contribution in [0.2, 0.25) is 0 Å². The lowest BCUT2D eigenvalue weighted by atomic mass is 9.96. The van der Waals surface area contributed by atoms with Crippen molar-refractivity contribution in [2.75, 3.05) is 6.61 Å². The lowest BCUT2D eigenvalue weighted by Gasteiger charge is -2.26. The molecule has 5 rings (SSSR count). The van der Waals surface area contributed by atoms with Crippen molar-refractivity contribution in [1.29, 1.82) is 0 Å². The summed E-state index contributed by atoms with van der Waals surface area (Å²) < 4.78 is 5.48. The van der Waals surface area contributed by atoms with E-state index >= 15 is 0 Å². The smallest absolute Gasteiger partial charge is 0.255 e. The van der Waals surface area contributed by atoms with Crippen LogP contribution in [0, 0.1) is 12.8 Å². The van der Waals surface area contributed by atoms with Crippen molar-refractivity contribution < 1.29 is 14.3 Å². The van der Waals surface area contributed by atoms with E-state index < -0.39 is 0 Å². The van der Waals surface area contributed by atoms with Crippen molar-refractivity contribution in [2.45, 2.75) is 32.4 Å². The Bertz CT molecular complexity index is 1040. The van der Waals surface area contributed by atoms with Crippen LogP contribution in [0.4, 0.5) is 0 Å². The number of aryl methyl sites for hydroxylation is 1. The minimum absolute atomic E-state index is 0.0214. The zero-order valence-corrected chi connectivity index (χ0v) is 15.6. The summed E-state index contributed by atoms with van der Waals surface area (Å²) in [5.74, 6) is 1.47. The maximum Gasteiger partial charge on any atom is 0.255 e. The number of carbonyl (C=O) groups excluding carboxylic acids is 1. The summed E-state index contributed by atoms with van der Waals surface area (Å²) in [4.78, 5) is 15.0. The lowest BCUT2D eigenvalue weighted by molar-refractivity contribution is 0.0580. The third-order valence-corrected chi connectivity index (χ3v) is 5.69. The van der Waals surface area contributed by atoms with E-state index in [1.54, 1.807) is 6.92 Å². The van der Waals surface area contributed by atoms with Crippen molar-refractivity contribution in [1.82, 2.24) is 15.1 Å². The Balaban J connectivity index is 1.48. The Morgan fingerprint density at radius 1 is 1.14 bits per heavy atom. The summed E-state index contributed by atoms with van der Waals surface area (Å²) in [7, 11) is 0. The molecule has 142 valence electrons. The van der Waals surface area contributed by atoms with Crippen LogP contribution in [0.5, 0.6) is 0 Å². The van der Waals surface area contributed by atoms with Crippen molar-refractivity contribution >= 4 is 5.91 Å². The van der Waals surface area contributed by atoms with Gasteiger partial charge in [-0.1, -0.05) is 30.3 Å². The van der Waals surface area contributed by atoms with Crippen molar-refractivity contribution in [2.24, 2.45) is 5.92 Å². The number of aromatic nitrogens is 2. The van der Waals surface area contributed by atoms with Gasteiger partial charge in [0.1, 0.15) is 0 Å². The zero-order valence-electron chi connectivity index (χ0n) is 15.6. The van der Waals surface area contributed by atoms with E-state index in [-0.39, 0.29) is 18.6 Å². The van der Waals surface area contributed by atoms with E-state index in [1.807, 2.05) is 47.4 Å². The fourth-order valence-corrected chi connectivity index (χ4v) is 4.08. The Morgan fingerprint density at radius 2 is 1.89 bits per heavy atom. The van der Waals surface area contributed by atoms with Crippen LogP contribution >= 0.6 is 0 Å². The fraction of sp³-hybridized carbons (Fsp3) is 0.318. The van der Waals surface area contributed by atoms with E-state index in [2.05, 4.69) is 10.2 Å². The van der Waals surface area contributed by atoms with Crippen molar-refractivity contribution in [3.63, 3.8) is 0 Å². The molecule has 1 aliphatic carbocycles. The molecule has 1 unspecified atom stereocenters. The van der Waals surface area contributed by atoms with Crippen LogP contribution in [0.3, 0.4) is 0 Å². The summed E-state index contributed by atoms with van der Waals surface area (Å²) in [6.45, 7) is 2.36. The number of hydrogen-bond donors (Lipinski definition) is 1. The van der Waals surface area contributed by atoms with Gasteiger partial charge < -0.3 is 14.4 Å². The van der Waals surface area contributed by atoms with Gasteiger partial charge in [0, 0.05) is 19.0 Å². The average molecular weight is 375 g/mol. The van der Waals surface area contributed by atoms with Gasteiger partial charge in [0.15, 0.2) is 0 Å². The van der Waals surface area contributed by atoms with Crippen LogP contribution in [0.25, 0.3) is 22.6 Å². The molecule has 2 aromatic carbocycles. The van der Waals surface area contributed by atoms with Crippen LogP contribution in [-0.2, 0) is 6.54 Å². The summed E-state index contributed by atoms with van der Waals surface area (Å²) in [5.41, 5.74) is 4.52. The first kappa shape index (κ1) is 17.1. The molecule has 1 atom stereocenters. The quantitative estimate of drug-likeness (QED) is 0.739. The largest absolute Gasteiger partial charge is 0.421 e. The third kappa shape index (κ3) is 2.81. The SMILES string of the molecule is Cc1nnc(-c2ccc(-c3cccc4c3C(=O)N(C(CO)C3CC3)C4)cc2)o1. The van der Waals surface area contributed by atoms with Gasteiger partial charge in [-0.3, -0.25) is 4.79 Å². The highest BCUT2D eigenvalue weighted by atomic mass is 16.4. The molecule has 0 radical (unpaired) electrons. The minimum atomic E-state index is -0.0732. The van der Waals surface area contributed by atoms with Crippen LogP contribution in [-0.4, -0.2) is 38.8 Å². The summed E-state index contributed by atoms with van der Waals surface area (Å²) >= 11 is 0. The Morgan fingerprint density at radius 3 is 2.54 bits per heavy atom. The average Bonchev–Trinajstić information content (AvgIpc) is 3.37. The molecule has 2 aliphatic rings. The number of carbonyl (C=O) groups is 1. The third-order valence-electron chi connectivity index (χ3n) is 5.69. The molecule has 1 saturated carbocycles. The van der Waals surface area contributed by atoms with Gasteiger partial charge in [0.25, 0.3) is 5.91 Å². The fourth-order valence-electron chi connectivity index (χ4n) is 4.08. The molecule has 1 aliphatic heterocycles. The minimum Gasteiger partial charge on any atom is -0.421 e. The van der Waals surface area contributed by atoms with Gasteiger partial charge in [-0.15, -0.1) is 10.2 Å². The van der Waals surface area contributed by atoms with Gasteiger partial charge in [0.2, 0.25) is 11.8 Å². The number of aliphatic hydroxyl groups excluding tert-OH is 1. The number of amides is 1. The molecule has 1 N–H and O–H groups in total. The molecule has 6 heteroatoms. The first-order valence-electron chi connectivity index (χ1n) is 9.60. The standard InChI is InChI=1S/C22H21N3O3/c1-13-23-24-21(28-13)16-9-5-14(6-10-16)18-4-2-3-17-11-25(22(27)20(17)18)19(12-26)15-7-8-15/h2-6,9-10,15,19,26H,7-8,11-12H2,1H3. The maximum absolute atomic E-state index is 13.2. The highest BCUT2D eigenvalue weighted by Gasteiger charge is 2.41. The number of benzene rings is 2. The number of rotatable bonds is 5. The highest BCUT2D eigenvalue weighted by molar-refractivity contribution is 6.04. The molecule has 28 heavy (non-hydrogen) atoms. The molecule has 1 aromatic heterocycles. The van der Waals surface area contributed by atoms with E-state index in [0.717, 1.165) is 40.7 Å². The normalized spacial score (nSPS) is 17.1. The molecule has 3 aromatic rings.